The molecule has 2 rings (SSSR count). The second-order valence-corrected chi connectivity index (χ2v) is 4.99. The number of nitrogens with two attached hydrogens (primary N) is 1. The van der Waals surface area contributed by atoms with Gasteiger partial charge < -0.3 is 16.0 Å². The van der Waals surface area contributed by atoms with Gasteiger partial charge in [0.2, 0.25) is 5.95 Å². The van der Waals surface area contributed by atoms with Gasteiger partial charge in [-0.3, -0.25) is 0 Å². The third-order valence-electron chi connectivity index (χ3n) is 3.28. The van der Waals surface area contributed by atoms with Crippen LogP contribution in [0.25, 0.3) is 0 Å². The summed E-state index contributed by atoms with van der Waals surface area (Å²) in [4.78, 5) is 10.4. The number of nitrogens with one attached hydrogen (secondary N) is 1. The smallest absolute Gasteiger partial charge is 0.223 e. The number of hydrogen-bond donors (Lipinski definition) is 2. The lowest BCUT2D eigenvalue weighted by molar-refractivity contribution is 0.728. The number of nitrogen functional groups attached to an aromatic ring is 1. The van der Waals surface area contributed by atoms with Gasteiger partial charge in [-0.2, -0.15) is 9.97 Å². The number of anilines is 3. The van der Waals surface area contributed by atoms with Crippen molar-refractivity contribution in [1.29, 1.82) is 0 Å². The summed E-state index contributed by atoms with van der Waals surface area (Å²) in [5.41, 5.74) is 6.88. The van der Waals surface area contributed by atoms with Crippen LogP contribution in [-0.4, -0.2) is 24.1 Å². The van der Waals surface area contributed by atoms with Gasteiger partial charge >= 0.3 is 0 Å². The minimum atomic E-state index is 0.145. The Morgan fingerprint density at radius 2 is 1.90 bits per heavy atom. The Labute approximate surface area is 123 Å². The van der Waals surface area contributed by atoms with Crippen LogP contribution >= 0.6 is 11.6 Å². The summed E-state index contributed by atoms with van der Waals surface area (Å²) < 4.78 is 0. The van der Waals surface area contributed by atoms with Gasteiger partial charge in [-0.15, -0.1) is 0 Å². The Hall–Kier alpha value is -2.01. The Balaban J connectivity index is 2.28. The van der Waals surface area contributed by atoms with Crippen molar-refractivity contribution in [3.8, 4) is 0 Å². The molecule has 1 aromatic heterocycles. The van der Waals surface area contributed by atoms with Gasteiger partial charge in [0, 0.05) is 25.2 Å². The molecule has 0 aliphatic heterocycles. The molecule has 106 valence electrons. The Morgan fingerprint density at radius 1 is 1.25 bits per heavy atom. The molecule has 0 aliphatic carbocycles. The van der Waals surface area contributed by atoms with Crippen LogP contribution in [0.5, 0.6) is 0 Å². The molecule has 0 amide bonds. The number of benzene rings is 1. The molecule has 1 unspecified atom stereocenters. The summed E-state index contributed by atoms with van der Waals surface area (Å²) in [5, 5.41) is 3.70. The molecule has 6 heteroatoms. The zero-order valence-corrected chi connectivity index (χ0v) is 12.5. The van der Waals surface area contributed by atoms with E-state index in [1.54, 1.807) is 7.05 Å². The van der Waals surface area contributed by atoms with E-state index < -0.39 is 0 Å². The fourth-order valence-corrected chi connectivity index (χ4v) is 2.05. The van der Waals surface area contributed by atoms with Gasteiger partial charge in [0.25, 0.3) is 0 Å². The van der Waals surface area contributed by atoms with E-state index in [-0.39, 0.29) is 12.0 Å². The van der Waals surface area contributed by atoms with Crippen LogP contribution in [0, 0.1) is 0 Å². The predicted octanol–water partition coefficient (Wildman–Crippen LogP) is 2.95. The maximum Gasteiger partial charge on any atom is 0.223 e. The number of halogens is 1. The normalized spacial score (nSPS) is 12.0. The number of nitrogens with zero attached hydrogens (tertiary/aromatic N) is 3. The van der Waals surface area contributed by atoms with Crippen LogP contribution in [0.4, 0.5) is 17.6 Å². The van der Waals surface area contributed by atoms with E-state index in [9.17, 15) is 0 Å². The van der Waals surface area contributed by atoms with Crippen molar-refractivity contribution in [2.45, 2.75) is 13.0 Å². The Bertz CT molecular complexity index is 585. The molecule has 0 spiro atoms. The van der Waals surface area contributed by atoms with E-state index in [0.717, 1.165) is 16.4 Å². The molecule has 1 aromatic carbocycles. The van der Waals surface area contributed by atoms with E-state index >= 15 is 0 Å². The summed E-state index contributed by atoms with van der Waals surface area (Å²) in [5.74, 6) is 1.72. The molecule has 5 nitrogen and oxygen atoms in total. The molecule has 0 fully saturated rings. The summed E-state index contributed by atoms with van der Waals surface area (Å²) in [7, 11) is 3.77. The average Bonchev–Trinajstić information content (AvgIpc) is 2.45. The summed E-state index contributed by atoms with van der Waals surface area (Å²) in [6.07, 6.45) is 0. The quantitative estimate of drug-likeness (QED) is 0.906. The second kappa shape index (κ2) is 5.96. The molecule has 1 atom stereocenters. The van der Waals surface area contributed by atoms with E-state index in [1.807, 2.05) is 42.3 Å². The van der Waals surface area contributed by atoms with E-state index in [4.69, 9.17) is 17.3 Å². The highest BCUT2D eigenvalue weighted by Crippen LogP contribution is 2.26. The number of rotatable bonds is 4. The average molecular weight is 292 g/mol. The summed E-state index contributed by atoms with van der Waals surface area (Å²) >= 11 is 5.91. The Morgan fingerprint density at radius 3 is 2.50 bits per heavy atom. The molecule has 0 aliphatic rings. The first-order valence-corrected chi connectivity index (χ1v) is 6.69. The van der Waals surface area contributed by atoms with Crippen molar-refractivity contribution >= 4 is 29.2 Å². The highest BCUT2D eigenvalue weighted by Gasteiger charge is 2.15. The lowest BCUT2D eigenvalue weighted by atomic mass is 10.1. The molecular weight excluding hydrogens is 274 g/mol. The van der Waals surface area contributed by atoms with Gasteiger partial charge in [-0.05, 0) is 24.6 Å². The van der Waals surface area contributed by atoms with Gasteiger partial charge in [-0.1, -0.05) is 23.7 Å². The minimum Gasteiger partial charge on any atom is -0.373 e. The first-order valence-electron chi connectivity index (χ1n) is 6.32. The maximum absolute atomic E-state index is 5.91. The Kier molecular flexibility index (Phi) is 4.29. The summed E-state index contributed by atoms with van der Waals surface area (Å²) in [6.45, 7) is 2.10. The first-order chi connectivity index (χ1) is 9.51. The van der Waals surface area contributed by atoms with Crippen LogP contribution in [0.15, 0.2) is 30.3 Å². The molecular formula is C14H18ClN5. The van der Waals surface area contributed by atoms with Crippen molar-refractivity contribution < 1.29 is 0 Å². The molecule has 20 heavy (non-hydrogen) atoms. The molecule has 0 saturated heterocycles. The fraction of sp³-hybridized carbons (Fsp3) is 0.286. The fourth-order valence-electron chi connectivity index (χ4n) is 1.92. The van der Waals surface area contributed by atoms with E-state index in [1.165, 1.54) is 0 Å². The van der Waals surface area contributed by atoms with Gasteiger partial charge in [-0.25, -0.2) is 0 Å². The van der Waals surface area contributed by atoms with Crippen LogP contribution in [0.2, 0.25) is 5.02 Å². The van der Waals surface area contributed by atoms with E-state index in [0.29, 0.717) is 5.82 Å². The molecule has 1 heterocycles. The van der Waals surface area contributed by atoms with Crippen molar-refractivity contribution in [2.75, 3.05) is 30.0 Å². The third-order valence-corrected chi connectivity index (χ3v) is 3.53. The minimum absolute atomic E-state index is 0.145. The molecule has 0 saturated carbocycles. The highest BCUT2D eigenvalue weighted by molar-refractivity contribution is 6.30. The molecule has 0 radical (unpaired) electrons. The van der Waals surface area contributed by atoms with Crippen molar-refractivity contribution in [3.05, 3.63) is 40.9 Å². The predicted molar refractivity (Wildman–Crippen MR) is 84.3 cm³/mol. The SMILES string of the molecule is CNc1cc(N(C)C(C)c2ccc(Cl)cc2)nc(N)n1. The zero-order valence-electron chi connectivity index (χ0n) is 11.8. The van der Waals surface area contributed by atoms with Crippen LogP contribution in [0.3, 0.4) is 0 Å². The maximum atomic E-state index is 5.91. The van der Waals surface area contributed by atoms with Crippen LogP contribution in [0.1, 0.15) is 18.5 Å². The summed E-state index contributed by atoms with van der Waals surface area (Å²) in [6, 6.07) is 9.79. The lowest BCUT2D eigenvalue weighted by Gasteiger charge is -2.26. The van der Waals surface area contributed by atoms with Gasteiger partial charge in [0.1, 0.15) is 11.6 Å². The van der Waals surface area contributed by atoms with Crippen molar-refractivity contribution in [3.63, 3.8) is 0 Å². The number of hydrogen-bond acceptors (Lipinski definition) is 5. The van der Waals surface area contributed by atoms with Gasteiger partial charge in [0.15, 0.2) is 0 Å². The van der Waals surface area contributed by atoms with E-state index in [2.05, 4.69) is 22.2 Å². The van der Waals surface area contributed by atoms with Crippen LogP contribution in [-0.2, 0) is 0 Å². The largest absolute Gasteiger partial charge is 0.373 e. The molecule has 0 bridgehead atoms. The molecule has 3 N–H and O–H groups in total. The van der Waals surface area contributed by atoms with Crippen LogP contribution < -0.4 is 16.0 Å². The standard InChI is InChI=1S/C14H18ClN5/c1-9(10-4-6-11(15)7-5-10)20(3)13-8-12(17-2)18-14(16)19-13/h4-9H,1-3H3,(H3,16,17,18,19). The molecule has 2 aromatic rings. The second-order valence-electron chi connectivity index (χ2n) is 4.56. The first kappa shape index (κ1) is 14.4. The third kappa shape index (κ3) is 3.11. The highest BCUT2D eigenvalue weighted by atomic mass is 35.5. The van der Waals surface area contributed by atoms with Gasteiger partial charge in [0.05, 0.1) is 6.04 Å². The lowest BCUT2D eigenvalue weighted by Crippen LogP contribution is -2.23. The zero-order chi connectivity index (χ0) is 14.7. The van der Waals surface area contributed by atoms with Crippen molar-refractivity contribution in [2.24, 2.45) is 0 Å². The topological polar surface area (TPSA) is 67.1 Å². The monoisotopic (exact) mass is 291 g/mol. The number of aromatic nitrogens is 2. The van der Waals surface area contributed by atoms with Crippen molar-refractivity contribution in [1.82, 2.24) is 9.97 Å².